The summed E-state index contributed by atoms with van der Waals surface area (Å²) < 4.78 is 41.6. The molecule has 2 atom stereocenters. The molecule has 178 valence electrons. The molecule has 0 bridgehead atoms. The molecular weight excluding hydrogens is 457 g/mol. The molecule has 1 N–H and O–H groups in total. The Bertz CT molecular complexity index is 1400. The Hall–Kier alpha value is -3.29. The second kappa shape index (κ2) is 9.16. The summed E-state index contributed by atoms with van der Waals surface area (Å²) in [5.74, 6) is 0.483. The predicted octanol–water partition coefficient (Wildman–Crippen LogP) is 5.02. The molecule has 2 aromatic carbocycles. The number of aryl methyl sites for hydroxylation is 1. The average Bonchev–Trinajstić information content (AvgIpc) is 3.28. The van der Waals surface area contributed by atoms with Crippen molar-refractivity contribution >= 4 is 37.8 Å². The van der Waals surface area contributed by atoms with Crippen LogP contribution < -0.4 is 10.1 Å². The standard InChI is InChI=1S/C24H26FN5O3S/c1-15-9-17(30-34(4,31)24(2,3)13-26)11-20-22(15)23(28-14-27-20)29-19-6-5-16(25)10-21(19)33-18-7-8-32-12-18/h5-6,9-11,14,18H,7-8,12H2,1-4H3,(H,27,28,29)/t18-,34?/m0/s1. The number of nitrogens with zero attached hydrogens (tertiary/aromatic N) is 4. The van der Waals surface area contributed by atoms with Gasteiger partial charge in [0.15, 0.2) is 0 Å². The molecule has 0 saturated carbocycles. The Kier molecular flexibility index (Phi) is 6.43. The first-order valence-electron chi connectivity index (χ1n) is 10.8. The first kappa shape index (κ1) is 23.9. The maximum absolute atomic E-state index is 13.9. The van der Waals surface area contributed by atoms with Crippen LogP contribution in [0.15, 0.2) is 41.0 Å². The maximum atomic E-state index is 13.9. The van der Waals surface area contributed by atoms with Crippen molar-refractivity contribution in [2.45, 2.75) is 38.0 Å². The van der Waals surface area contributed by atoms with Crippen LogP contribution in [0, 0.1) is 24.1 Å². The van der Waals surface area contributed by atoms with Crippen LogP contribution in [0.4, 0.5) is 21.6 Å². The minimum atomic E-state index is -2.84. The molecule has 2 heterocycles. The SMILES string of the molecule is Cc1cc(N=S(C)(=O)C(C)(C)C#N)cc2ncnc(Nc3ccc(F)cc3O[C@H]3CCOC3)c12. The van der Waals surface area contributed by atoms with E-state index in [-0.39, 0.29) is 6.10 Å². The van der Waals surface area contributed by atoms with Gasteiger partial charge in [-0.05, 0) is 50.6 Å². The van der Waals surface area contributed by atoms with E-state index in [1.54, 1.807) is 32.0 Å². The monoisotopic (exact) mass is 483 g/mol. The number of anilines is 2. The van der Waals surface area contributed by atoms with E-state index in [1.165, 1.54) is 24.7 Å². The molecule has 10 heteroatoms. The van der Waals surface area contributed by atoms with Crippen LogP contribution >= 0.6 is 0 Å². The first-order valence-corrected chi connectivity index (χ1v) is 12.7. The minimum absolute atomic E-state index is 0.142. The van der Waals surface area contributed by atoms with Gasteiger partial charge in [0.05, 0.1) is 45.9 Å². The van der Waals surface area contributed by atoms with Crippen LogP contribution in [0.5, 0.6) is 5.75 Å². The van der Waals surface area contributed by atoms with Crippen LogP contribution in [0.1, 0.15) is 25.8 Å². The molecule has 0 radical (unpaired) electrons. The number of fused-ring (bicyclic) bond motifs is 1. The minimum Gasteiger partial charge on any atom is -0.486 e. The van der Waals surface area contributed by atoms with Gasteiger partial charge in [0.2, 0.25) is 0 Å². The second-order valence-corrected chi connectivity index (χ2v) is 11.6. The largest absolute Gasteiger partial charge is 0.486 e. The molecule has 1 unspecified atom stereocenters. The fourth-order valence-corrected chi connectivity index (χ4v) is 4.44. The van der Waals surface area contributed by atoms with Gasteiger partial charge >= 0.3 is 0 Å². The van der Waals surface area contributed by atoms with Gasteiger partial charge in [0, 0.05) is 24.1 Å². The molecule has 0 aliphatic carbocycles. The Labute approximate surface area is 198 Å². The van der Waals surface area contributed by atoms with E-state index in [4.69, 9.17) is 9.47 Å². The summed E-state index contributed by atoms with van der Waals surface area (Å²) in [7, 11) is -2.84. The second-order valence-electron chi connectivity index (χ2n) is 8.76. The van der Waals surface area contributed by atoms with E-state index in [9.17, 15) is 13.9 Å². The van der Waals surface area contributed by atoms with Gasteiger partial charge < -0.3 is 14.8 Å². The lowest BCUT2D eigenvalue weighted by Crippen LogP contribution is -2.28. The molecule has 3 aromatic rings. The molecule has 1 aliphatic rings. The van der Waals surface area contributed by atoms with Crippen LogP contribution in [0.3, 0.4) is 0 Å². The van der Waals surface area contributed by atoms with Crippen LogP contribution in [0.25, 0.3) is 10.9 Å². The number of halogens is 1. The molecular formula is C24H26FN5O3S. The summed E-state index contributed by atoms with van der Waals surface area (Å²) in [5.41, 5.74) is 2.43. The number of nitriles is 1. The van der Waals surface area contributed by atoms with Crippen molar-refractivity contribution in [3.63, 3.8) is 0 Å². The highest BCUT2D eigenvalue weighted by atomic mass is 32.2. The molecule has 1 aromatic heterocycles. The van der Waals surface area contributed by atoms with E-state index in [2.05, 4.69) is 25.7 Å². The summed E-state index contributed by atoms with van der Waals surface area (Å²) >= 11 is 0. The maximum Gasteiger partial charge on any atom is 0.146 e. The van der Waals surface area contributed by atoms with Crippen molar-refractivity contribution in [3.8, 4) is 11.8 Å². The van der Waals surface area contributed by atoms with Gasteiger partial charge in [-0.3, -0.25) is 0 Å². The topological polar surface area (TPSA) is 109 Å². The van der Waals surface area contributed by atoms with Crippen LogP contribution in [0.2, 0.25) is 0 Å². The zero-order valence-corrected chi connectivity index (χ0v) is 20.3. The summed E-state index contributed by atoms with van der Waals surface area (Å²) in [6, 6.07) is 9.86. The zero-order valence-electron chi connectivity index (χ0n) is 19.5. The first-order chi connectivity index (χ1) is 16.1. The van der Waals surface area contributed by atoms with Gasteiger partial charge in [0.25, 0.3) is 0 Å². The Morgan fingerprint density at radius 2 is 2.12 bits per heavy atom. The Morgan fingerprint density at radius 1 is 1.32 bits per heavy atom. The summed E-state index contributed by atoms with van der Waals surface area (Å²) in [5, 5.41) is 13.4. The number of nitrogens with one attached hydrogen (secondary N) is 1. The molecule has 34 heavy (non-hydrogen) atoms. The van der Waals surface area contributed by atoms with E-state index in [0.717, 1.165) is 17.4 Å². The van der Waals surface area contributed by atoms with Crippen molar-refractivity contribution in [1.29, 1.82) is 5.26 Å². The lowest BCUT2D eigenvalue weighted by molar-refractivity contribution is 0.141. The number of rotatable bonds is 6. The average molecular weight is 484 g/mol. The van der Waals surface area contributed by atoms with E-state index in [0.29, 0.717) is 41.7 Å². The molecule has 0 spiro atoms. The zero-order chi connectivity index (χ0) is 24.5. The van der Waals surface area contributed by atoms with Gasteiger partial charge in [-0.1, -0.05) is 0 Å². The van der Waals surface area contributed by atoms with E-state index >= 15 is 0 Å². The highest BCUT2D eigenvalue weighted by Crippen LogP contribution is 2.35. The third-order valence-electron chi connectivity index (χ3n) is 5.79. The molecule has 4 rings (SSSR count). The van der Waals surface area contributed by atoms with Gasteiger partial charge in [0.1, 0.15) is 34.6 Å². The third-order valence-corrected chi connectivity index (χ3v) is 8.34. The Balaban J connectivity index is 1.74. The van der Waals surface area contributed by atoms with Gasteiger partial charge in [-0.2, -0.15) is 9.62 Å². The predicted molar refractivity (Wildman–Crippen MR) is 130 cm³/mol. The van der Waals surface area contributed by atoms with Crippen LogP contribution in [-0.4, -0.2) is 44.5 Å². The lowest BCUT2D eigenvalue weighted by atomic mass is 10.1. The van der Waals surface area contributed by atoms with Crippen molar-refractivity contribution in [1.82, 2.24) is 9.97 Å². The number of hydrogen-bond donors (Lipinski definition) is 1. The number of ether oxygens (including phenoxy) is 2. The third kappa shape index (κ3) is 4.81. The summed E-state index contributed by atoms with van der Waals surface area (Å²) in [6.07, 6.45) is 3.48. The van der Waals surface area contributed by atoms with Crippen molar-refractivity contribution in [3.05, 3.63) is 48.0 Å². The van der Waals surface area contributed by atoms with Crippen molar-refractivity contribution in [2.24, 2.45) is 4.36 Å². The smallest absolute Gasteiger partial charge is 0.146 e. The Morgan fingerprint density at radius 3 is 2.82 bits per heavy atom. The normalized spacial score (nSPS) is 17.7. The number of benzene rings is 2. The summed E-state index contributed by atoms with van der Waals surface area (Å²) in [6.45, 7) is 6.16. The molecule has 1 fully saturated rings. The molecule has 8 nitrogen and oxygen atoms in total. The van der Waals surface area contributed by atoms with Crippen LogP contribution in [-0.2, 0) is 14.5 Å². The fourth-order valence-electron chi connectivity index (χ4n) is 3.53. The van der Waals surface area contributed by atoms with Gasteiger partial charge in [-0.15, -0.1) is 0 Å². The highest BCUT2D eigenvalue weighted by Gasteiger charge is 2.28. The van der Waals surface area contributed by atoms with E-state index < -0.39 is 20.3 Å². The van der Waals surface area contributed by atoms with Crippen molar-refractivity contribution in [2.75, 3.05) is 24.8 Å². The number of aromatic nitrogens is 2. The van der Waals surface area contributed by atoms with E-state index in [1.807, 2.05) is 6.92 Å². The quantitative estimate of drug-likeness (QED) is 0.524. The summed E-state index contributed by atoms with van der Waals surface area (Å²) in [4.78, 5) is 8.75. The molecule has 0 amide bonds. The highest BCUT2D eigenvalue weighted by molar-refractivity contribution is 7.94. The molecule has 1 aliphatic heterocycles. The molecule has 1 saturated heterocycles. The fraction of sp³-hybridized carbons (Fsp3) is 0.375. The van der Waals surface area contributed by atoms with Gasteiger partial charge in [-0.25, -0.2) is 18.6 Å². The van der Waals surface area contributed by atoms with Crippen molar-refractivity contribution < 1.29 is 18.1 Å². The lowest BCUT2D eigenvalue weighted by Gasteiger charge is -2.18. The number of hydrogen-bond acceptors (Lipinski definition) is 8.